The molecule has 0 radical (unpaired) electrons. The summed E-state index contributed by atoms with van der Waals surface area (Å²) in [7, 11) is 1.70. The zero-order chi connectivity index (χ0) is 12.3. The van der Waals surface area contributed by atoms with Crippen molar-refractivity contribution in [2.45, 2.75) is 25.9 Å². The number of methoxy groups -OCH3 is 1. The second-order valence-corrected chi connectivity index (χ2v) is 4.45. The van der Waals surface area contributed by atoms with Crippen LogP contribution in [0, 0.1) is 0 Å². The summed E-state index contributed by atoms with van der Waals surface area (Å²) in [4.78, 5) is 14.1. The Balaban J connectivity index is 2.09. The number of benzene rings is 1. The van der Waals surface area contributed by atoms with Crippen LogP contribution in [0.2, 0.25) is 0 Å². The van der Waals surface area contributed by atoms with Gasteiger partial charge in [-0.15, -0.1) is 0 Å². The van der Waals surface area contributed by atoms with Gasteiger partial charge in [-0.05, 0) is 30.5 Å². The monoisotopic (exact) mass is 233 g/mol. The third-order valence-electron chi connectivity index (χ3n) is 3.35. The highest BCUT2D eigenvalue weighted by Gasteiger charge is 2.26. The van der Waals surface area contributed by atoms with Crippen molar-refractivity contribution >= 4 is 5.91 Å². The van der Waals surface area contributed by atoms with E-state index in [2.05, 4.69) is 13.0 Å². The van der Waals surface area contributed by atoms with E-state index in [0.717, 1.165) is 24.9 Å². The molecule has 1 aliphatic heterocycles. The molecule has 1 atom stereocenters. The van der Waals surface area contributed by atoms with Crippen LogP contribution in [0.15, 0.2) is 24.3 Å². The normalized spacial score (nSPS) is 19.6. The Morgan fingerprint density at radius 1 is 1.53 bits per heavy atom. The van der Waals surface area contributed by atoms with E-state index in [4.69, 9.17) is 4.74 Å². The summed E-state index contributed by atoms with van der Waals surface area (Å²) < 4.78 is 5.28. The lowest BCUT2D eigenvalue weighted by atomic mass is 10.1. The maximum absolute atomic E-state index is 12.2. The largest absolute Gasteiger partial charge is 0.380 e. The van der Waals surface area contributed by atoms with Crippen molar-refractivity contribution in [1.29, 1.82) is 0 Å². The van der Waals surface area contributed by atoms with Gasteiger partial charge in [0.15, 0.2) is 0 Å². The van der Waals surface area contributed by atoms with Crippen molar-refractivity contribution in [2.75, 3.05) is 20.2 Å². The predicted octanol–water partition coefficient (Wildman–Crippen LogP) is 2.11. The molecule has 1 aromatic carbocycles. The van der Waals surface area contributed by atoms with Gasteiger partial charge < -0.3 is 9.64 Å². The average molecular weight is 233 g/mol. The van der Waals surface area contributed by atoms with E-state index >= 15 is 0 Å². The lowest BCUT2D eigenvalue weighted by molar-refractivity contribution is 0.0724. The minimum atomic E-state index is 0.125. The van der Waals surface area contributed by atoms with E-state index in [0.29, 0.717) is 6.54 Å². The van der Waals surface area contributed by atoms with Crippen LogP contribution in [0.5, 0.6) is 0 Å². The second kappa shape index (κ2) is 5.32. The first-order valence-electron chi connectivity index (χ1n) is 6.15. The van der Waals surface area contributed by atoms with Gasteiger partial charge in [-0.2, -0.15) is 0 Å². The van der Waals surface area contributed by atoms with Crippen molar-refractivity contribution in [1.82, 2.24) is 4.90 Å². The van der Waals surface area contributed by atoms with Gasteiger partial charge in [0.05, 0.1) is 6.10 Å². The number of hydrogen-bond acceptors (Lipinski definition) is 2. The molecule has 1 saturated heterocycles. The molecule has 3 heteroatoms. The highest BCUT2D eigenvalue weighted by Crippen LogP contribution is 2.16. The van der Waals surface area contributed by atoms with Crippen LogP contribution in [0.4, 0.5) is 0 Å². The Hall–Kier alpha value is -1.35. The lowest BCUT2D eigenvalue weighted by Gasteiger charge is -2.16. The summed E-state index contributed by atoms with van der Waals surface area (Å²) in [6.45, 7) is 3.61. The zero-order valence-corrected chi connectivity index (χ0v) is 10.5. The molecular formula is C14H19NO2. The predicted molar refractivity (Wildman–Crippen MR) is 67.1 cm³/mol. The van der Waals surface area contributed by atoms with Crippen LogP contribution in [0.3, 0.4) is 0 Å². The maximum Gasteiger partial charge on any atom is 0.253 e. The lowest BCUT2D eigenvalue weighted by Crippen LogP contribution is -2.29. The molecule has 1 aromatic rings. The maximum atomic E-state index is 12.2. The molecule has 92 valence electrons. The molecular weight excluding hydrogens is 214 g/mol. The number of carbonyl (C=O) groups excluding carboxylic acids is 1. The summed E-state index contributed by atoms with van der Waals surface area (Å²) in [6.07, 6.45) is 2.10. The number of hydrogen-bond donors (Lipinski definition) is 0. The fraction of sp³-hybridized carbons (Fsp3) is 0.500. The van der Waals surface area contributed by atoms with E-state index < -0.39 is 0 Å². The molecule has 0 N–H and O–H groups in total. The van der Waals surface area contributed by atoms with Crippen LogP contribution in [-0.4, -0.2) is 37.1 Å². The van der Waals surface area contributed by atoms with Gasteiger partial charge in [0, 0.05) is 25.8 Å². The van der Waals surface area contributed by atoms with Crippen molar-refractivity contribution in [3.8, 4) is 0 Å². The molecule has 0 aromatic heterocycles. The Labute approximate surface area is 102 Å². The van der Waals surface area contributed by atoms with Gasteiger partial charge in [0.2, 0.25) is 0 Å². The Morgan fingerprint density at radius 2 is 2.35 bits per heavy atom. The topological polar surface area (TPSA) is 29.5 Å². The van der Waals surface area contributed by atoms with E-state index in [1.54, 1.807) is 7.11 Å². The minimum absolute atomic E-state index is 0.125. The van der Waals surface area contributed by atoms with Crippen molar-refractivity contribution < 1.29 is 9.53 Å². The molecule has 1 amide bonds. The van der Waals surface area contributed by atoms with E-state index in [1.807, 2.05) is 23.1 Å². The number of aryl methyl sites for hydroxylation is 1. The van der Waals surface area contributed by atoms with Crippen LogP contribution in [0.1, 0.15) is 29.3 Å². The summed E-state index contributed by atoms with van der Waals surface area (Å²) in [5, 5.41) is 0. The quantitative estimate of drug-likeness (QED) is 0.800. The molecule has 3 nitrogen and oxygen atoms in total. The van der Waals surface area contributed by atoms with E-state index in [-0.39, 0.29) is 12.0 Å². The fourth-order valence-corrected chi connectivity index (χ4v) is 2.21. The van der Waals surface area contributed by atoms with Gasteiger partial charge in [-0.3, -0.25) is 4.79 Å². The number of amides is 1. The van der Waals surface area contributed by atoms with Gasteiger partial charge in [-0.25, -0.2) is 0 Å². The van der Waals surface area contributed by atoms with Gasteiger partial charge in [0.1, 0.15) is 0 Å². The standard InChI is InChI=1S/C14H19NO2/c1-3-11-5-4-6-12(9-11)14(16)15-8-7-13(10-15)17-2/h4-6,9,13H,3,7-8,10H2,1-2H3. The molecule has 0 aliphatic carbocycles. The van der Waals surface area contributed by atoms with Crippen LogP contribution >= 0.6 is 0 Å². The van der Waals surface area contributed by atoms with Gasteiger partial charge >= 0.3 is 0 Å². The molecule has 1 heterocycles. The first-order valence-corrected chi connectivity index (χ1v) is 6.15. The third-order valence-corrected chi connectivity index (χ3v) is 3.35. The first kappa shape index (κ1) is 12.1. The summed E-state index contributed by atoms with van der Waals surface area (Å²) in [5.41, 5.74) is 2.00. The highest BCUT2D eigenvalue weighted by atomic mass is 16.5. The van der Waals surface area contributed by atoms with Crippen LogP contribution in [-0.2, 0) is 11.2 Å². The Bertz CT molecular complexity index is 403. The van der Waals surface area contributed by atoms with Gasteiger partial charge in [-0.1, -0.05) is 19.1 Å². The third kappa shape index (κ3) is 2.67. The first-order chi connectivity index (χ1) is 8.24. The smallest absolute Gasteiger partial charge is 0.253 e. The van der Waals surface area contributed by atoms with E-state index in [9.17, 15) is 4.79 Å². The second-order valence-electron chi connectivity index (χ2n) is 4.45. The SMILES string of the molecule is CCc1cccc(C(=O)N2CCC(OC)C2)c1. The highest BCUT2D eigenvalue weighted by molar-refractivity contribution is 5.94. The number of carbonyl (C=O) groups is 1. The zero-order valence-electron chi connectivity index (χ0n) is 10.5. The molecule has 0 bridgehead atoms. The molecule has 0 spiro atoms. The molecule has 0 saturated carbocycles. The Kier molecular flexibility index (Phi) is 3.79. The average Bonchev–Trinajstić information content (AvgIpc) is 2.86. The van der Waals surface area contributed by atoms with Crippen LogP contribution < -0.4 is 0 Å². The van der Waals surface area contributed by atoms with Crippen LogP contribution in [0.25, 0.3) is 0 Å². The summed E-state index contributed by atoms with van der Waals surface area (Å²) >= 11 is 0. The van der Waals surface area contributed by atoms with E-state index in [1.165, 1.54) is 5.56 Å². The number of nitrogens with zero attached hydrogens (tertiary/aromatic N) is 1. The van der Waals surface area contributed by atoms with Crippen molar-refractivity contribution in [3.63, 3.8) is 0 Å². The summed E-state index contributed by atoms with van der Waals surface area (Å²) in [6, 6.07) is 7.89. The van der Waals surface area contributed by atoms with Gasteiger partial charge in [0.25, 0.3) is 5.91 Å². The molecule has 17 heavy (non-hydrogen) atoms. The summed E-state index contributed by atoms with van der Waals surface area (Å²) in [5.74, 6) is 0.125. The number of likely N-dealkylation sites (tertiary alicyclic amines) is 1. The molecule has 2 rings (SSSR count). The fourth-order valence-electron chi connectivity index (χ4n) is 2.21. The number of ether oxygens (including phenoxy) is 1. The van der Waals surface area contributed by atoms with Crippen molar-refractivity contribution in [2.24, 2.45) is 0 Å². The molecule has 1 fully saturated rings. The molecule has 1 unspecified atom stereocenters. The minimum Gasteiger partial charge on any atom is -0.380 e. The van der Waals surface area contributed by atoms with Crippen molar-refractivity contribution in [3.05, 3.63) is 35.4 Å². The Morgan fingerprint density at radius 3 is 3.00 bits per heavy atom. The molecule has 1 aliphatic rings. The number of rotatable bonds is 3.